The Bertz CT molecular complexity index is 1230. The highest BCUT2D eigenvalue weighted by atomic mass is 32.1. The number of benzene rings is 1. The lowest BCUT2D eigenvalue weighted by atomic mass is 9.90. The number of hydrogen-bond donors (Lipinski definition) is 2. The van der Waals surface area contributed by atoms with Gasteiger partial charge in [-0.2, -0.15) is 31.3 Å². The van der Waals surface area contributed by atoms with Crippen LogP contribution in [0.3, 0.4) is 0 Å². The first-order chi connectivity index (χ1) is 16.5. The SMILES string of the molecule is COc1nc(C(F)(F)F)c(C(=O)N[C@@H]2CCC[C@H](Nc3cc(C(F)(F)F)nc4ccccc34)C2)s1. The second kappa shape index (κ2) is 9.51. The highest BCUT2D eigenvalue weighted by Crippen LogP contribution is 2.38. The summed E-state index contributed by atoms with van der Waals surface area (Å²) in [5.74, 6) is -0.919. The molecule has 0 saturated heterocycles. The molecule has 2 heterocycles. The van der Waals surface area contributed by atoms with Crippen LogP contribution in [0, 0.1) is 0 Å². The van der Waals surface area contributed by atoms with E-state index in [1.54, 1.807) is 18.2 Å². The minimum Gasteiger partial charge on any atom is -0.473 e. The van der Waals surface area contributed by atoms with Crippen LogP contribution < -0.4 is 15.4 Å². The van der Waals surface area contributed by atoms with Crippen LogP contribution in [0.25, 0.3) is 10.9 Å². The molecule has 4 rings (SSSR count). The molecule has 0 bridgehead atoms. The number of carbonyl (C=O) groups excluding carboxylic acids is 1. The Balaban J connectivity index is 1.52. The fourth-order valence-corrected chi connectivity index (χ4v) is 4.90. The minimum absolute atomic E-state index is 0.185. The van der Waals surface area contributed by atoms with Crippen molar-refractivity contribution in [2.24, 2.45) is 0 Å². The molecule has 2 aromatic heterocycles. The summed E-state index contributed by atoms with van der Waals surface area (Å²) >= 11 is 0.497. The van der Waals surface area contributed by atoms with E-state index in [-0.39, 0.29) is 22.4 Å². The second-order valence-corrected chi connectivity index (χ2v) is 9.07. The third-order valence-electron chi connectivity index (χ3n) is 5.63. The van der Waals surface area contributed by atoms with Gasteiger partial charge in [0.1, 0.15) is 10.6 Å². The van der Waals surface area contributed by atoms with Crippen molar-refractivity contribution in [3.63, 3.8) is 0 Å². The van der Waals surface area contributed by atoms with Crippen molar-refractivity contribution >= 4 is 33.8 Å². The fraction of sp³-hybridized carbons (Fsp3) is 0.409. The van der Waals surface area contributed by atoms with E-state index in [1.165, 1.54) is 6.07 Å². The zero-order valence-corrected chi connectivity index (χ0v) is 19.1. The number of pyridine rings is 1. The number of fused-ring (bicyclic) bond motifs is 1. The molecule has 1 saturated carbocycles. The van der Waals surface area contributed by atoms with Crippen molar-refractivity contribution in [1.82, 2.24) is 15.3 Å². The number of methoxy groups -OCH3 is 1. The molecule has 0 radical (unpaired) electrons. The van der Waals surface area contributed by atoms with E-state index in [0.29, 0.717) is 42.4 Å². The van der Waals surface area contributed by atoms with E-state index >= 15 is 0 Å². The van der Waals surface area contributed by atoms with Crippen LogP contribution >= 0.6 is 11.3 Å². The number of alkyl halides is 6. The largest absolute Gasteiger partial charge is 0.473 e. The summed E-state index contributed by atoms with van der Waals surface area (Å²) in [4.78, 5) is 19.1. The van der Waals surface area contributed by atoms with Crippen molar-refractivity contribution in [1.29, 1.82) is 0 Å². The molecule has 6 nitrogen and oxygen atoms in total. The van der Waals surface area contributed by atoms with Crippen molar-refractivity contribution in [2.75, 3.05) is 12.4 Å². The Labute approximate surface area is 199 Å². The molecule has 188 valence electrons. The van der Waals surface area contributed by atoms with Gasteiger partial charge in [-0.25, -0.2) is 4.98 Å². The lowest BCUT2D eigenvalue weighted by Crippen LogP contribution is -2.42. The van der Waals surface area contributed by atoms with Crippen molar-refractivity contribution in [3.05, 3.63) is 46.6 Å². The highest BCUT2D eigenvalue weighted by Gasteiger charge is 2.40. The Morgan fingerprint density at radius 2 is 1.77 bits per heavy atom. The van der Waals surface area contributed by atoms with Gasteiger partial charge in [-0.15, -0.1) is 0 Å². The quantitative estimate of drug-likeness (QED) is 0.412. The van der Waals surface area contributed by atoms with Crippen LogP contribution in [-0.4, -0.2) is 35.1 Å². The molecule has 3 aromatic rings. The molecule has 1 fully saturated rings. The number of aromatic nitrogens is 2. The maximum atomic E-state index is 13.4. The number of anilines is 1. The molecule has 35 heavy (non-hydrogen) atoms. The van der Waals surface area contributed by atoms with Crippen LogP contribution in [0.15, 0.2) is 30.3 Å². The van der Waals surface area contributed by atoms with Gasteiger partial charge >= 0.3 is 12.4 Å². The highest BCUT2D eigenvalue weighted by molar-refractivity contribution is 7.15. The molecular weight excluding hydrogens is 498 g/mol. The molecule has 2 N–H and O–H groups in total. The average Bonchev–Trinajstić information content (AvgIpc) is 3.24. The van der Waals surface area contributed by atoms with E-state index in [9.17, 15) is 31.1 Å². The first kappa shape index (κ1) is 25.0. The predicted molar refractivity (Wildman–Crippen MR) is 118 cm³/mol. The first-order valence-corrected chi connectivity index (χ1v) is 11.4. The molecule has 1 aliphatic carbocycles. The van der Waals surface area contributed by atoms with Crippen molar-refractivity contribution < 1.29 is 35.9 Å². The van der Waals surface area contributed by atoms with Gasteiger partial charge in [0.2, 0.25) is 0 Å². The van der Waals surface area contributed by atoms with Crippen molar-refractivity contribution in [2.45, 2.75) is 50.1 Å². The standard InChI is InChI=1S/C22H20F6N4O2S/c1-34-20-32-18(22(26,27)28)17(35-20)19(33)30-12-6-4-5-11(9-12)29-15-10-16(21(23,24)25)31-14-8-3-2-7-13(14)15/h2-3,7-8,10-12H,4-6,9H2,1H3,(H,29,31)(H,30,33)/t11-,12+/m0/s1. The van der Waals surface area contributed by atoms with E-state index in [1.807, 2.05) is 0 Å². The number of halogens is 6. The number of nitrogens with zero attached hydrogens (tertiary/aromatic N) is 2. The van der Waals surface area contributed by atoms with Crippen LogP contribution in [0.5, 0.6) is 5.19 Å². The Morgan fingerprint density at radius 1 is 1.06 bits per heavy atom. The summed E-state index contributed by atoms with van der Waals surface area (Å²) in [7, 11) is 1.16. The molecule has 0 spiro atoms. The predicted octanol–water partition coefficient (Wildman–Crippen LogP) is 5.89. The second-order valence-electron chi connectivity index (χ2n) is 8.11. The van der Waals surface area contributed by atoms with Crippen LogP contribution in [0.1, 0.15) is 46.7 Å². The minimum atomic E-state index is -4.82. The van der Waals surface area contributed by atoms with Gasteiger partial charge in [-0.3, -0.25) is 4.79 Å². The topological polar surface area (TPSA) is 76.1 Å². The number of rotatable bonds is 5. The number of ether oxygens (including phenoxy) is 1. The van der Waals surface area contributed by atoms with Crippen LogP contribution in [0.4, 0.5) is 32.0 Å². The molecule has 1 amide bonds. The third kappa shape index (κ3) is 5.60. The van der Waals surface area contributed by atoms with Crippen LogP contribution in [0.2, 0.25) is 0 Å². The number of amides is 1. The summed E-state index contributed by atoms with van der Waals surface area (Å²) in [5.41, 5.74) is -1.90. The van der Waals surface area contributed by atoms with E-state index in [0.717, 1.165) is 13.2 Å². The number of thiazole rings is 1. The number of para-hydroxylation sites is 1. The van der Waals surface area contributed by atoms with Gasteiger partial charge in [0.05, 0.1) is 12.6 Å². The van der Waals surface area contributed by atoms with Gasteiger partial charge in [-0.1, -0.05) is 29.5 Å². The van der Waals surface area contributed by atoms with Gasteiger partial charge in [-0.05, 0) is 37.8 Å². The Hall–Kier alpha value is -3.09. The number of carbonyl (C=O) groups is 1. The van der Waals surface area contributed by atoms with E-state index in [4.69, 9.17) is 4.74 Å². The first-order valence-electron chi connectivity index (χ1n) is 10.6. The normalized spacial score (nSPS) is 18.9. The zero-order valence-electron chi connectivity index (χ0n) is 18.3. The summed E-state index contributed by atoms with van der Waals surface area (Å²) < 4.78 is 84.7. The number of nitrogens with one attached hydrogen (secondary N) is 2. The monoisotopic (exact) mass is 518 g/mol. The average molecular weight is 518 g/mol. The molecule has 0 aliphatic heterocycles. The summed E-state index contributed by atoms with van der Waals surface area (Å²) in [6, 6.07) is 6.59. The van der Waals surface area contributed by atoms with Gasteiger partial charge < -0.3 is 15.4 Å². The zero-order chi connectivity index (χ0) is 25.4. The molecule has 1 aromatic carbocycles. The lowest BCUT2D eigenvalue weighted by Gasteiger charge is -2.31. The van der Waals surface area contributed by atoms with E-state index in [2.05, 4.69) is 20.6 Å². The molecule has 13 heteroatoms. The van der Waals surface area contributed by atoms with Crippen LogP contribution in [-0.2, 0) is 12.4 Å². The smallest absolute Gasteiger partial charge is 0.435 e. The molecule has 1 aliphatic rings. The maximum absolute atomic E-state index is 13.4. The number of hydrogen-bond acceptors (Lipinski definition) is 6. The van der Waals surface area contributed by atoms with E-state index < -0.39 is 40.6 Å². The summed E-state index contributed by atoms with van der Waals surface area (Å²) in [6.45, 7) is 0. The fourth-order valence-electron chi connectivity index (χ4n) is 4.10. The Kier molecular flexibility index (Phi) is 6.80. The molecule has 0 unspecified atom stereocenters. The van der Waals surface area contributed by atoms with Gasteiger partial charge in [0.15, 0.2) is 5.69 Å². The van der Waals surface area contributed by atoms with Gasteiger partial charge in [0, 0.05) is 23.2 Å². The van der Waals surface area contributed by atoms with Gasteiger partial charge in [0.25, 0.3) is 11.1 Å². The van der Waals surface area contributed by atoms with Crippen molar-refractivity contribution in [3.8, 4) is 5.19 Å². The lowest BCUT2D eigenvalue weighted by molar-refractivity contribution is -0.141. The molecular formula is C22H20F6N4O2S. The molecule has 2 atom stereocenters. The maximum Gasteiger partial charge on any atom is 0.435 e. The Morgan fingerprint density at radius 3 is 2.46 bits per heavy atom. The summed E-state index contributed by atoms with van der Waals surface area (Å²) in [5, 5.41) is 5.97. The summed E-state index contributed by atoms with van der Waals surface area (Å²) in [6.07, 6.45) is -7.37. The third-order valence-corrected chi connectivity index (χ3v) is 6.65.